The summed E-state index contributed by atoms with van der Waals surface area (Å²) in [5.74, 6) is 0.998. The van der Waals surface area contributed by atoms with Gasteiger partial charge in [0.15, 0.2) is 5.65 Å². The molecule has 5 heteroatoms. The van der Waals surface area contributed by atoms with Crippen LogP contribution >= 0.6 is 0 Å². The zero-order valence-corrected chi connectivity index (χ0v) is 9.11. The Bertz CT molecular complexity index is 437. The first-order valence-corrected chi connectivity index (χ1v) is 5.82. The van der Waals surface area contributed by atoms with Crippen molar-refractivity contribution in [2.45, 2.75) is 31.7 Å². The molecular formula is C11H15N5. The molecule has 0 spiro atoms. The average molecular weight is 217 g/mol. The van der Waals surface area contributed by atoms with Crippen molar-refractivity contribution in [3.8, 4) is 0 Å². The van der Waals surface area contributed by atoms with E-state index in [0.29, 0.717) is 6.04 Å². The fraction of sp³-hybridized carbons (Fsp3) is 0.545. The third-order valence-corrected chi connectivity index (χ3v) is 3.07. The van der Waals surface area contributed by atoms with E-state index in [1.807, 2.05) is 0 Å². The molecule has 2 N–H and O–H groups in total. The van der Waals surface area contributed by atoms with Gasteiger partial charge in [0.25, 0.3) is 0 Å². The molecule has 2 aromatic rings. The Labute approximate surface area is 93.7 Å². The lowest BCUT2D eigenvalue weighted by Gasteiger charge is -2.11. The summed E-state index contributed by atoms with van der Waals surface area (Å²) in [6.45, 7) is 1.08. The van der Waals surface area contributed by atoms with Crippen LogP contribution in [-0.4, -0.2) is 26.5 Å². The van der Waals surface area contributed by atoms with E-state index in [4.69, 9.17) is 0 Å². The number of imidazole rings is 1. The Hall–Kier alpha value is -1.49. The predicted molar refractivity (Wildman–Crippen MR) is 60.9 cm³/mol. The number of rotatable bonds is 1. The Kier molecular flexibility index (Phi) is 2.53. The molecule has 16 heavy (non-hydrogen) atoms. The Morgan fingerprint density at radius 2 is 2.25 bits per heavy atom. The van der Waals surface area contributed by atoms with Crippen molar-refractivity contribution in [1.82, 2.24) is 25.3 Å². The molecule has 0 aromatic carbocycles. The van der Waals surface area contributed by atoms with Gasteiger partial charge >= 0.3 is 0 Å². The molecule has 1 saturated heterocycles. The zero-order valence-electron chi connectivity index (χ0n) is 9.11. The predicted octanol–water partition coefficient (Wildman–Crippen LogP) is 1.56. The highest BCUT2D eigenvalue weighted by Crippen LogP contribution is 2.21. The van der Waals surface area contributed by atoms with Gasteiger partial charge in [0.05, 0.1) is 12.2 Å². The van der Waals surface area contributed by atoms with Gasteiger partial charge in [-0.15, -0.1) is 0 Å². The van der Waals surface area contributed by atoms with Crippen molar-refractivity contribution < 1.29 is 0 Å². The molecule has 1 fully saturated rings. The second kappa shape index (κ2) is 4.17. The van der Waals surface area contributed by atoms with Gasteiger partial charge in [0.2, 0.25) is 0 Å². The van der Waals surface area contributed by atoms with E-state index in [1.165, 1.54) is 25.6 Å². The standard InChI is InChI=1S/C11H15N5/c1-2-4-8(13-5-3-1)11-15-9-6-12-7-14-10(9)16-11/h6-8,13H,1-5H2,(H,12,14,15,16). The Balaban J connectivity index is 1.92. The van der Waals surface area contributed by atoms with Crippen molar-refractivity contribution in [3.63, 3.8) is 0 Å². The maximum atomic E-state index is 4.51. The molecular weight excluding hydrogens is 202 g/mol. The Morgan fingerprint density at radius 3 is 3.19 bits per heavy atom. The third-order valence-electron chi connectivity index (χ3n) is 3.07. The van der Waals surface area contributed by atoms with Crippen molar-refractivity contribution in [2.24, 2.45) is 0 Å². The first kappa shape index (κ1) is 9.72. The fourth-order valence-corrected chi connectivity index (χ4v) is 2.21. The van der Waals surface area contributed by atoms with E-state index in [0.717, 1.165) is 30.0 Å². The molecule has 1 aliphatic rings. The lowest BCUT2D eigenvalue weighted by atomic mass is 10.1. The van der Waals surface area contributed by atoms with Gasteiger partial charge < -0.3 is 10.3 Å². The second-order valence-corrected chi connectivity index (χ2v) is 4.24. The van der Waals surface area contributed by atoms with Crippen LogP contribution in [0.5, 0.6) is 0 Å². The van der Waals surface area contributed by atoms with Crippen LogP contribution in [0.2, 0.25) is 0 Å². The molecule has 0 amide bonds. The SMILES string of the molecule is c1ncc2[nH]c(C3CCCCCN3)nc2n1. The summed E-state index contributed by atoms with van der Waals surface area (Å²) in [6, 6.07) is 0.344. The summed E-state index contributed by atoms with van der Waals surface area (Å²) >= 11 is 0. The van der Waals surface area contributed by atoms with E-state index in [1.54, 1.807) is 6.20 Å². The molecule has 1 unspecified atom stereocenters. The van der Waals surface area contributed by atoms with Gasteiger partial charge in [-0.2, -0.15) is 0 Å². The molecule has 3 rings (SSSR count). The molecule has 0 aliphatic carbocycles. The molecule has 2 aromatic heterocycles. The molecule has 0 radical (unpaired) electrons. The summed E-state index contributed by atoms with van der Waals surface area (Å²) in [5, 5.41) is 3.52. The number of hydrogen-bond acceptors (Lipinski definition) is 4. The van der Waals surface area contributed by atoms with Gasteiger partial charge in [0, 0.05) is 0 Å². The number of nitrogens with zero attached hydrogens (tertiary/aromatic N) is 3. The molecule has 0 saturated carbocycles. The van der Waals surface area contributed by atoms with Gasteiger partial charge in [-0.3, -0.25) is 0 Å². The number of fused-ring (bicyclic) bond motifs is 1. The largest absolute Gasteiger partial charge is 0.338 e. The zero-order chi connectivity index (χ0) is 10.8. The topological polar surface area (TPSA) is 66.5 Å². The van der Waals surface area contributed by atoms with Gasteiger partial charge in [-0.1, -0.05) is 12.8 Å². The molecule has 3 heterocycles. The smallest absolute Gasteiger partial charge is 0.180 e. The van der Waals surface area contributed by atoms with Crippen molar-refractivity contribution in [1.29, 1.82) is 0 Å². The quantitative estimate of drug-likeness (QED) is 0.760. The minimum atomic E-state index is 0.344. The monoisotopic (exact) mass is 217 g/mol. The van der Waals surface area contributed by atoms with E-state index in [9.17, 15) is 0 Å². The first-order valence-electron chi connectivity index (χ1n) is 5.82. The van der Waals surface area contributed by atoms with Crippen LogP contribution in [0.4, 0.5) is 0 Å². The highest BCUT2D eigenvalue weighted by Gasteiger charge is 2.17. The molecule has 0 bridgehead atoms. The summed E-state index contributed by atoms with van der Waals surface area (Å²) in [6.07, 6.45) is 8.29. The van der Waals surface area contributed by atoms with Crippen LogP contribution in [-0.2, 0) is 0 Å². The van der Waals surface area contributed by atoms with Crippen LogP contribution in [0.1, 0.15) is 37.5 Å². The van der Waals surface area contributed by atoms with Gasteiger partial charge in [-0.05, 0) is 19.4 Å². The number of aromatic nitrogens is 4. The van der Waals surface area contributed by atoms with E-state index in [-0.39, 0.29) is 0 Å². The summed E-state index contributed by atoms with van der Waals surface area (Å²) < 4.78 is 0. The molecule has 84 valence electrons. The average Bonchev–Trinajstić information content (AvgIpc) is 2.56. The highest BCUT2D eigenvalue weighted by molar-refractivity contribution is 5.68. The van der Waals surface area contributed by atoms with Gasteiger partial charge in [0.1, 0.15) is 17.7 Å². The van der Waals surface area contributed by atoms with Crippen molar-refractivity contribution in [2.75, 3.05) is 6.54 Å². The van der Waals surface area contributed by atoms with Gasteiger partial charge in [-0.25, -0.2) is 15.0 Å². The summed E-state index contributed by atoms with van der Waals surface area (Å²) in [7, 11) is 0. The minimum Gasteiger partial charge on any atom is -0.338 e. The maximum Gasteiger partial charge on any atom is 0.180 e. The van der Waals surface area contributed by atoms with Crippen molar-refractivity contribution >= 4 is 11.2 Å². The lowest BCUT2D eigenvalue weighted by Crippen LogP contribution is -2.21. The second-order valence-electron chi connectivity index (χ2n) is 4.24. The third kappa shape index (κ3) is 1.78. The molecule has 1 atom stereocenters. The minimum absolute atomic E-state index is 0.344. The number of aromatic amines is 1. The van der Waals surface area contributed by atoms with Crippen molar-refractivity contribution in [3.05, 3.63) is 18.3 Å². The van der Waals surface area contributed by atoms with E-state index < -0.39 is 0 Å². The highest BCUT2D eigenvalue weighted by atomic mass is 15.1. The lowest BCUT2D eigenvalue weighted by molar-refractivity contribution is 0.513. The van der Waals surface area contributed by atoms with E-state index in [2.05, 4.69) is 25.3 Å². The Morgan fingerprint density at radius 1 is 1.25 bits per heavy atom. The van der Waals surface area contributed by atoms with E-state index >= 15 is 0 Å². The first-order chi connectivity index (χ1) is 7.93. The summed E-state index contributed by atoms with van der Waals surface area (Å²) in [5.41, 5.74) is 1.68. The number of nitrogens with one attached hydrogen (secondary N) is 2. The molecule has 5 nitrogen and oxygen atoms in total. The fourth-order valence-electron chi connectivity index (χ4n) is 2.21. The molecule has 1 aliphatic heterocycles. The number of H-pyrrole nitrogens is 1. The number of hydrogen-bond donors (Lipinski definition) is 2. The maximum absolute atomic E-state index is 4.51. The van der Waals surface area contributed by atoms with Crippen LogP contribution in [0, 0.1) is 0 Å². The normalized spacial score (nSPS) is 22.1. The van der Waals surface area contributed by atoms with Crippen LogP contribution in [0.15, 0.2) is 12.5 Å². The summed E-state index contributed by atoms with van der Waals surface area (Å²) in [4.78, 5) is 15.9. The van der Waals surface area contributed by atoms with Crippen LogP contribution < -0.4 is 5.32 Å². The van der Waals surface area contributed by atoms with Crippen LogP contribution in [0.3, 0.4) is 0 Å². The van der Waals surface area contributed by atoms with Crippen LogP contribution in [0.25, 0.3) is 11.2 Å².